The third-order valence-electron chi connectivity index (χ3n) is 4.55. The molecular weight excluding hydrogens is 406 g/mol. The molecule has 9 heteroatoms. The lowest BCUT2D eigenvalue weighted by atomic mass is 10.1. The number of nitrogens with zero attached hydrogens (tertiary/aromatic N) is 4. The largest absolute Gasteiger partial charge is 0.481 e. The van der Waals surface area contributed by atoms with E-state index < -0.39 is 0 Å². The fourth-order valence-electron chi connectivity index (χ4n) is 3.21. The Morgan fingerprint density at radius 3 is 2.72 bits per heavy atom. The molecule has 3 rings (SSSR count). The van der Waals surface area contributed by atoms with Crippen LogP contribution in [-0.2, 0) is 6.54 Å². The molecule has 3 aromatic heterocycles. The first-order valence-corrected chi connectivity index (χ1v) is 10.5. The predicted octanol–water partition coefficient (Wildman–Crippen LogP) is 4.16. The van der Waals surface area contributed by atoms with Gasteiger partial charge >= 0.3 is 0 Å². The summed E-state index contributed by atoms with van der Waals surface area (Å²) in [6, 6.07) is 5.84. The molecular formula is C23H29N7O2. The molecule has 0 aromatic carbocycles. The Balaban J connectivity index is 2.11. The summed E-state index contributed by atoms with van der Waals surface area (Å²) in [6.07, 6.45) is 4.85. The van der Waals surface area contributed by atoms with Crippen LogP contribution in [0.15, 0.2) is 36.9 Å². The fourth-order valence-corrected chi connectivity index (χ4v) is 3.21. The highest BCUT2D eigenvalue weighted by Crippen LogP contribution is 2.35. The standard InChI is InChI=1S/C23H29N7O2/c1-6-32-23-17(8-7-9-26-23)18-10-19(21(29-14(2)3)20(30-18)15(4)24)27-12-16-11-25-13-28-22(16)31-5/h7-11,13-14,24,29H,6,12H2,1-5H3,(H,27,30). The third kappa shape index (κ3) is 5.29. The van der Waals surface area contributed by atoms with Crippen molar-refractivity contribution >= 4 is 17.1 Å². The molecule has 3 aromatic rings. The minimum absolute atomic E-state index is 0.147. The van der Waals surface area contributed by atoms with E-state index in [4.69, 9.17) is 19.9 Å². The van der Waals surface area contributed by atoms with E-state index in [9.17, 15) is 0 Å². The van der Waals surface area contributed by atoms with Crippen LogP contribution < -0.4 is 20.1 Å². The van der Waals surface area contributed by atoms with Gasteiger partial charge in [0, 0.05) is 25.0 Å². The van der Waals surface area contributed by atoms with Crippen molar-refractivity contribution in [1.82, 2.24) is 19.9 Å². The minimum atomic E-state index is 0.147. The Labute approximate surface area is 188 Å². The molecule has 3 heterocycles. The zero-order chi connectivity index (χ0) is 23.1. The number of pyridine rings is 2. The van der Waals surface area contributed by atoms with Crippen LogP contribution in [-0.4, -0.2) is 45.4 Å². The number of nitrogens with one attached hydrogen (secondary N) is 3. The van der Waals surface area contributed by atoms with Crippen LogP contribution in [0.5, 0.6) is 11.8 Å². The molecule has 9 nitrogen and oxygen atoms in total. The molecule has 0 saturated heterocycles. The van der Waals surface area contributed by atoms with Gasteiger partial charge in [-0.3, -0.25) is 0 Å². The Morgan fingerprint density at radius 1 is 1.22 bits per heavy atom. The van der Waals surface area contributed by atoms with Gasteiger partial charge in [0.05, 0.1) is 47.6 Å². The van der Waals surface area contributed by atoms with Crippen molar-refractivity contribution in [3.05, 3.63) is 48.2 Å². The molecule has 0 aliphatic carbocycles. The first-order valence-electron chi connectivity index (χ1n) is 10.5. The Hall–Kier alpha value is -3.75. The molecule has 0 amide bonds. The zero-order valence-electron chi connectivity index (χ0n) is 19.1. The molecule has 0 aliphatic heterocycles. The van der Waals surface area contributed by atoms with E-state index in [0.29, 0.717) is 42.0 Å². The highest BCUT2D eigenvalue weighted by atomic mass is 16.5. The van der Waals surface area contributed by atoms with Crippen molar-refractivity contribution in [2.45, 2.75) is 40.3 Å². The summed E-state index contributed by atoms with van der Waals surface area (Å²) in [5.41, 5.74) is 4.69. The van der Waals surface area contributed by atoms with Crippen LogP contribution >= 0.6 is 0 Å². The lowest BCUT2D eigenvalue weighted by Gasteiger charge is -2.21. The van der Waals surface area contributed by atoms with Crippen LogP contribution in [0.25, 0.3) is 11.3 Å². The van der Waals surface area contributed by atoms with E-state index in [1.165, 1.54) is 6.33 Å². The molecule has 32 heavy (non-hydrogen) atoms. The molecule has 0 unspecified atom stereocenters. The van der Waals surface area contributed by atoms with Crippen molar-refractivity contribution in [2.24, 2.45) is 0 Å². The molecule has 0 saturated carbocycles. The maximum absolute atomic E-state index is 8.35. The van der Waals surface area contributed by atoms with Crippen molar-refractivity contribution in [2.75, 3.05) is 24.4 Å². The third-order valence-corrected chi connectivity index (χ3v) is 4.55. The summed E-state index contributed by atoms with van der Waals surface area (Å²) in [4.78, 5) is 17.4. The first kappa shape index (κ1) is 22.9. The lowest BCUT2D eigenvalue weighted by molar-refractivity contribution is 0.328. The molecule has 3 N–H and O–H groups in total. The van der Waals surface area contributed by atoms with Gasteiger partial charge in [-0.25, -0.2) is 19.9 Å². The molecule has 0 radical (unpaired) electrons. The van der Waals surface area contributed by atoms with Gasteiger partial charge in [-0.1, -0.05) is 0 Å². The van der Waals surface area contributed by atoms with Gasteiger partial charge in [-0.05, 0) is 45.9 Å². The van der Waals surface area contributed by atoms with E-state index in [-0.39, 0.29) is 6.04 Å². The summed E-state index contributed by atoms with van der Waals surface area (Å²) < 4.78 is 11.1. The van der Waals surface area contributed by atoms with Gasteiger partial charge in [0.25, 0.3) is 0 Å². The summed E-state index contributed by atoms with van der Waals surface area (Å²) in [5.74, 6) is 1.01. The number of hydrogen-bond donors (Lipinski definition) is 3. The van der Waals surface area contributed by atoms with Gasteiger partial charge in [-0.15, -0.1) is 0 Å². The Morgan fingerprint density at radius 2 is 2.03 bits per heavy atom. The highest BCUT2D eigenvalue weighted by Gasteiger charge is 2.19. The van der Waals surface area contributed by atoms with Crippen molar-refractivity contribution in [3.63, 3.8) is 0 Å². The summed E-state index contributed by atoms with van der Waals surface area (Å²) in [6.45, 7) is 8.65. The summed E-state index contributed by atoms with van der Waals surface area (Å²) >= 11 is 0. The number of ether oxygens (including phenoxy) is 2. The topological polar surface area (TPSA) is 118 Å². The van der Waals surface area contributed by atoms with Crippen LogP contribution in [0.3, 0.4) is 0 Å². The SMILES string of the molecule is CCOc1ncccc1-c1cc(NCc2cncnc2OC)c(NC(C)C)c(C(C)=N)n1. The number of rotatable bonds is 10. The van der Waals surface area contributed by atoms with Crippen molar-refractivity contribution in [3.8, 4) is 23.0 Å². The van der Waals surface area contributed by atoms with Crippen LogP contribution in [0.1, 0.15) is 39.0 Å². The average Bonchev–Trinajstić information content (AvgIpc) is 2.78. The second kappa shape index (κ2) is 10.5. The van der Waals surface area contributed by atoms with Gasteiger partial charge in [-0.2, -0.15) is 0 Å². The lowest BCUT2D eigenvalue weighted by Crippen LogP contribution is -2.17. The molecule has 0 atom stereocenters. The van der Waals surface area contributed by atoms with E-state index in [1.807, 2.05) is 39.0 Å². The minimum Gasteiger partial charge on any atom is -0.481 e. The molecule has 0 aliphatic rings. The predicted molar refractivity (Wildman–Crippen MR) is 126 cm³/mol. The fraction of sp³-hybridized carbons (Fsp3) is 0.348. The van der Waals surface area contributed by atoms with Crippen molar-refractivity contribution in [1.29, 1.82) is 5.41 Å². The smallest absolute Gasteiger partial charge is 0.222 e. The maximum Gasteiger partial charge on any atom is 0.222 e. The summed E-state index contributed by atoms with van der Waals surface area (Å²) in [7, 11) is 1.58. The molecule has 0 fully saturated rings. The second-order valence-electron chi connectivity index (χ2n) is 7.40. The Bertz CT molecular complexity index is 1090. The monoisotopic (exact) mass is 435 g/mol. The zero-order valence-corrected chi connectivity index (χ0v) is 19.1. The summed E-state index contributed by atoms with van der Waals surface area (Å²) in [5, 5.41) is 15.2. The number of hydrogen-bond acceptors (Lipinski definition) is 9. The van der Waals surface area contributed by atoms with E-state index in [1.54, 1.807) is 26.4 Å². The van der Waals surface area contributed by atoms with Crippen LogP contribution in [0.4, 0.5) is 11.4 Å². The molecule has 0 bridgehead atoms. The number of anilines is 2. The van der Waals surface area contributed by atoms with Crippen LogP contribution in [0.2, 0.25) is 0 Å². The average molecular weight is 436 g/mol. The highest BCUT2D eigenvalue weighted by molar-refractivity contribution is 6.03. The van der Waals surface area contributed by atoms with Crippen LogP contribution in [0, 0.1) is 5.41 Å². The molecule has 0 spiro atoms. The van der Waals surface area contributed by atoms with E-state index >= 15 is 0 Å². The normalized spacial score (nSPS) is 10.7. The van der Waals surface area contributed by atoms with Gasteiger partial charge in [0.2, 0.25) is 11.8 Å². The first-order chi connectivity index (χ1) is 15.4. The second-order valence-corrected chi connectivity index (χ2v) is 7.40. The molecule has 168 valence electrons. The quantitative estimate of drug-likeness (QED) is 0.406. The Kier molecular flexibility index (Phi) is 7.54. The number of aromatic nitrogens is 4. The number of methoxy groups -OCH3 is 1. The van der Waals surface area contributed by atoms with Gasteiger partial charge in [0.1, 0.15) is 12.0 Å². The van der Waals surface area contributed by atoms with E-state index in [2.05, 4.69) is 25.6 Å². The van der Waals surface area contributed by atoms with Gasteiger partial charge in [0.15, 0.2) is 0 Å². The maximum atomic E-state index is 8.35. The van der Waals surface area contributed by atoms with Crippen molar-refractivity contribution < 1.29 is 9.47 Å². The van der Waals surface area contributed by atoms with Gasteiger partial charge < -0.3 is 25.5 Å². The van der Waals surface area contributed by atoms with E-state index in [0.717, 1.165) is 22.5 Å².